The molecule has 1 atom stereocenters. The molecule has 104 valence electrons. The van der Waals surface area contributed by atoms with Crippen molar-refractivity contribution < 1.29 is 5.11 Å². The minimum atomic E-state index is -0.328. The summed E-state index contributed by atoms with van der Waals surface area (Å²) in [5.41, 5.74) is 3.36. The van der Waals surface area contributed by atoms with Crippen molar-refractivity contribution in [2.24, 2.45) is 0 Å². The van der Waals surface area contributed by atoms with Crippen LogP contribution in [0.4, 0.5) is 5.69 Å². The van der Waals surface area contributed by atoms with Crippen molar-refractivity contribution in [1.82, 2.24) is 4.98 Å². The monoisotopic (exact) mass is 268 g/mol. The molecule has 2 aromatic rings. The first-order valence-electron chi connectivity index (χ1n) is 7.26. The van der Waals surface area contributed by atoms with Gasteiger partial charge in [-0.3, -0.25) is 4.98 Å². The molecule has 1 N–H and O–H groups in total. The molecule has 0 saturated heterocycles. The van der Waals surface area contributed by atoms with Crippen LogP contribution in [-0.2, 0) is 6.42 Å². The summed E-state index contributed by atoms with van der Waals surface area (Å²) in [6.07, 6.45) is 4.32. The number of fused-ring (bicyclic) bond motifs is 1. The van der Waals surface area contributed by atoms with E-state index in [1.165, 1.54) is 5.69 Å². The lowest BCUT2D eigenvalue weighted by Crippen LogP contribution is -2.26. The third kappa shape index (κ3) is 2.83. The number of pyridine rings is 1. The van der Waals surface area contributed by atoms with Crippen LogP contribution in [0.3, 0.4) is 0 Å². The number of rotatable bonds is 3. The van der Waals surface area contributed by atoms with Crippen LogP contribution in [0.1, 0.15) is 30.2 Å². The molecule has 0 aliphatic carbocycles. The van der Waals surface area contributed by atoms with Gasteiger partial charge in [-0.15, -0.1) is 0 Å². The Hall–Kier alpha value is -1.87. The maximum absolute atomic E-state index is 10.2. The van der Waals surface area contributed by atoms with Gasteiger partial charge < -0.3 is 10.0 Å². The molecule has 1 unspecified atom stereocenters. The highest BCUT2D eigenvalue weighted by Crippen LogP contribution is 2.32. The van der Waals surface area contributed by atoms with Crippen LogP contribution >= 0.6 is 0 Å². The maximum Gasteiger partial charge on any atom is 0.0810 e. The zero-order valence-corrected chi connectivity index (χ0v) is 11.6. The van der Waals surface area contributed by atoms with E-state index in [1.54, 1.807) is 0 Å². The molecule has 2 heterocycles. The fourth-order valence-corrected chi connectivity index (χ4v) is 2.84. The van der Waals surface area contributed by atoms with E-state index >= 15 is 0 Å². The summed E-state index contributed by atoms with van der Waals surface area (Å²) >= 11 is 0. The van der Waals surface area contributed by atoms with Crippen LogP contribution in [0.5, 0.6) is 0 Å². The first-order chi connectivity index (χ1) is 9.84. The second-order valence-electron chi connectivity index (χ2n) is 5.27. The first-order valence-corrected chi connectivity index (χ1v) is 7.26. The minimum absolute atomic E-state index is 0.328. The maximum atomic E-state index is 10.2. The summed E-state index contributed by atoms with van der Waals surface area (Å²) in [5.74, 6) is 0. The van der Waals surface area contributed by atoms with Gasteiger partial charge in [0.15, 0.2) is 0 Å². The summed E-state index contributed by atoms with van der Waals surface area (Å²) in [6, 6.07) is 14.2. The Morgan fingerprint density at radius 2 is 2.00 bits per heavy atom. The number of aliphatic hydroxyl groups excluding tert-OH is 1. The highest BCUT2D eigenvalue weighted by Gasteiger charge is 2.20. The van der Waals surface area contributed by atoms with Crippen molar-refractivity contribution in [2.45, 2.75) is 25.4 Å². The highest BCUT2D eigenvalue weighted by molar-refractivity contribution is 5.55. The molecule has 0 saturated carbocycles. The zero-order chi connectivity index (χ0) is 13.8. The zero-order valence-electron chi connectivity index (χ0n) is 11.6. The molecular formula is C17H20N2O. The van der Waals surface area contributed by atoms with Gasteiger partial charge in [-0.25, -0.2) is 0 Å². The Bertz CT molecular complexity index is 556. The van der Waals surface area contributed by atoms with Crippen LogP contribution < -0.4 is 4.90 Å². The van der Waals surface area contributed by atoms with Crippen LogP contribution in [0.25, 0.3) is 0 Å². The SMILES string of the molecule is OC1CCCN(CCc2ccccn2)c2ccccc21. The van der Waals surface area contributed by atoms with E-state index in [0.717, 1.165) is 43.6 Å². The van der Waals surface area contributed by atoms with Gasteiger partial charge in [-0.2, -0.15) is 0 Å². The van der Waals surface area contributed by atoms with E-state index in [1.807, 2.05) is 36.5 Å². The number of para-hydroxylation sites is 1. The third-order valence-electron chi connectivity index (χ3n) is 3.91. The third-order valence-corrected chi connectivity index (χ3v) is 3.91. The van der Waals surface area contributed by atoms with Gasteiger partial charge in [0.2, 0.25) is 0 Å². The minimum Gasteiger partial charge on any atom is -0.388 e. The molecule has 0 spiro atoms. The normalized spacial score (nSPS) is 18.4. The Labute approximate surface area is 119 Å². The van der Waals surface area contributed by atoms with Crippen molar-refractivity contribution in [2.75, 3.05) is 18.0 Å². The van der Waals surface area contributed by atoms with Crippen molar-refractivity contribution in [3.63, 3.8) is 0 Å². The van der Waals surface area contributed by atoms with Crippen molar-refractivity contribution in [3.8, 4) is 0 Å². The molecule has 3 heteroatoms. The molecule has 1 aromatic heterocycles. The summed E-state index contributed by atoms with van der Waals surface area (Å²) in [6.45, 7) is 1.95. The molecular weight excluding hydrogens is 248 g/mol. The van der Waals surface area contributed by atoms with E-state index in [2.05, 4.69) is 22.0 Å². The lowest BCUT2D eigenvalue weighted by molar-refractivity contribution is 0.168. The molecule has 1 aromatic carbocycles. The number of aliphatic hydroxyl groups is 1. The Kier molecular flexibility index (Phi) is 3.97. The topological polar surface area (TPSA) is 36.4 Å². The van der Waals surface area contributed by atoms with Crippen molar-refractivity contribution in [1.29, 1.82) is 0 Å². The van der Waals surface area contributed by atoms with Crippen LogP contribution in [0.15, 0.2) is 48.7 Å². The molecule has 0 bridgehead atoms. The molecule has 1 aliphatic rings. The fourth-order valence-electron chi connectivity index (χ4n) is 2.84. The molecule has 1 aliphatic heterocycles. The van der Waals surface area contributed by atoms with Crippen molar-refractivity contribution in [3.05, 3.63) is 59.9 Å². The van der Waals surface area contributed by atoms with E-state index in [-0.39, 0.29) is 6.10 Å². The number of hydrogen-bond donors (Lipinski definition) is 1. The van der Waals surface area contributed by atoms with Crippen LogP contribution in [-0.4, -0.2) is 23.2 Å². The van der Waals surface area contributed by atoms with Gasteiger partial charge in [-0.05, 0) is 31.0 Å². The molecule has 3 nitrogen and oxygen atoms in total. The standard InChI is InChI=1S/C17H20N2O/c20-17-9-5-12-19(16-8-2-1-7-15(16)17)13-10-14-6-3-4-11-18-14/h1-4,6-8,11,17,20H,5,9-10,12-13H2. The first kappa shape index (κ1) is 13.1. The van der Waals surface area contributed by atoms with Gasteiger partial charge in [0.25, 0.3) is 0 Å². The highest BCUT2D eigenvalue weighted by atomic mass is 16.3. The molecule has 0 amide bonds. The Morgan fingerprint density at radius 1 is 1.15 bits per heavy atom. The van der Waals surface area contributed by atoms with E-state index in [4.69, 9.17) is 0 Å². The van der Waals surface area contributed by atoms with Crippen LogP contribution in [0, 0.1) is 0 Å². The Morgan fingerprint density at radius 3 is 2.85 bits per heavy atom. The van der Waals surface area contributed by atoms with Gasteiger partial charge in [0.1, 0.15) is 0 Å². The summed E-state index contributed by atoms with van der Waals surface area (Å²) < 4.78 is 0. The lowest BCUT2D eigenvalue weighted by atomic mass is 10.0. The van der Waals surface area contributed by atoms with Crippen LogP contribution in [0.2, 0.25) is 0 Å². The summed E-state index contributed by atoms with van der Waals surface area (Å²) in [7, 11) is 0. The molecule has 0 fully saturated rings. The summed E-state index contributed by atoms with van der Waals surface area (Å²) in [5, 5.41) is 10.2. The molecule has 3 rings (SSSR count). The number of benzene rings is 1. The predicted octanol–water partition coefficient (Wildman–Crippen LogP) is 2.96. The van der Waals surface area contributed by atoms with Gasteiger partial charge in [0, 0.05) is 42.7 Å². The fraction of sp³-hybridized carbons (Fsp3) is 0.353. The van der Waals surface area contributed by atoms with Gasteiger partial charge in [-0.1, -0.05) is 24.3 Å². The smallest absolute Gasteiger partial charge is 0.0810 e. The Balaban J connectivity index is 1.77. The van der Waals surface area contributed by atoms with E-state index in [9.17, 15) is 5.11 Å². The second kappa shape index (κ2) is 6.06. The average molecular weight is 268 g/mol. The van der Waals surface area contributed by atoms with E-state index in [0.29, 0.717) is 0 Å². The van der Waals surface area contributed by atoms with Crippen molar-refractivity contribution >= 4 is 5.69 Å². The van der Waals surface area contributed by atoms with Gasteiger partial charge in [0.05, 0.1) is 6.10 Å². The predicted molar refractivity (Wildman–Crippen MR) is 80.8 cm³/mol. The number of nitrogens with zero attached hydrogens (tertiary/aromatic N) is 2. The summed E-state index contributed by atoms with van der Waals surface area (Å²) in [4.78, 5) is 6.76. The number of hydrogen-bond acceptors (Lipinski definition) is 3. The second-order valence-corrected chi connectivity index (χ2v) is 5.27. The van der Waals surface area contributed by atoms with E-state index < -0.39 is 0 Å². The quantitative estimate of drug-likeness (QED) is 0.929. The largest absolute Gasteiger partial charge is 0.388 e. The average Bonchev–Trinajstić information content (AvgIpc) is 2.66. The lowest BCUT2D eigenvalue weighted by Gasteiger charge is -2.25. The van der Waals surface area contributed by atoms with Gasteiger partial charge >= 0.3 is 0 Å². The number of anilines is 1. The molecule has 20 heavy (non-hydrogen) atoms. The molecule has 0 radical (unpaired) electrons. The number of aromatic nitrogens is 1.